The van der Waals surface area contributed by atoms with Crippen molar-refractivity contribution < 1.29 is 13.9 Å². The second-order valence-corrected chi connectivity index (χ2v) is 4.79. The van der Waals surface area contributed by atoms with Crippen LogP contribution in [0.2, 0.25) is 0 Å². The van der Waals surface area contributed by atoms with Gasteiger partial charge in [0, 0.05) is 11.1 Å². The summed E-state index contributed by atoms with van der Waals surface area (Å²) in [5.41, 5.74) is 7.12. The summed E-state index contributed by atoms with van der Waals surface area (Å²) in [5, 5.41) is 0. The Kier molecular flexibility index (Phi) is 2.76. The normalized spacial score (nSPS) is 14.2. The second-order valence-electron chi connectivity index (χ2n) is 4.79. The molecule has 1 aromatic carbocycles. The molecule has 0 saturated heterocycles. The topological polar surface area (TPSA) is 44.5 Å². The van der Waals surface area contributed by atoms with Gasteiger partial charge < -0.3 is 15.2 Å². The summed E-state index contributed by atoms with van der Waals surface area (Å²) >= 11 is 0. The summed E-state index contributed by atoms with van der Waals surface area (Å²) in [6, 6.07) is 3.47. The van der Waals surface area contributed by atoms with E-state index >= 15 is 0 Å². The van der Waals surface area contributed by atoms with Crippen LogP contribution in [-0.2, 0) is 13.1 Å². The Bertz CT molecular complexity index is 399. The smallest absolute Gasteiger partial charge is 0.231 e. The summed E-state index contributed by atoms with van der Waals surface area (Å²) in [6.45, 7) is 3.55. The molecule has 0 bridgehead atoms. The first-order chi connectivity index (χ1) is 7.49. The molecule has 0 fully saturated rings. The highest BCUT2D eigenvalue weighted by molar-refractivity contribution is 5.51. The quantitative estimate of drug-likeness (QED) is 0.857. The van der Waals surface area contributed by atoms with Gasteiger partial charge in [0.15, 0.2) is 11.5 Å². The number of benzene rings is 1. The van der Waals surface area contributed by atoms with Gasteiger partial charge in [0.25, 0.3) is 0 Å². The zero-order valence-corrected chi connectivity index (χ0v) is 9.55. The third-order valence-electron chi connectivity index (χ3n) is 2.41. The Morgan fingerprint density at radius 2 is 2.12 bits per heavy atom. The van der Waals surface area contributed by atoms with E-state index in [0.717, 1.165) is 5.56 Å². The van der Waals surface area contributed by atoms with E-state index in [1.54, 1.807) is 12.1 Å². The first kappa shape index (κ1) is 11.2. The maximum atomic E-state index is 12.7. The molecule has 88 valence electrons. The number of fused-ring (bicyclic) bond motifs is 1. The molecule has 0 amide bonds. The fraction of sp³-hybridized carbons (Fsp3) is 0.500. The lowest BCUT2D eigenvalue weighted by Crippen LogP contribution is -2.34. The number of hydrogen-bond acceptors (Lipinski definition) is 3. The van der Waals surface area contributed by atoms with Crippen LogP contribution >= 0.6 is 0 Å². The van der Waals surface area contributed by atoms with Crippen LogP contribution in [0.3, 0.4) is 0 Å². The minimum atomic E-state index is -0.505. The molecule has 1 aliphatic rings. The van der Waals surface area contributed by atoms with Crippen LogP contribution in [0, 0.1) is 0 Å². The Balaban J connectivity index is 2.39. The van der Waals surface area contributed by atoms with E-state index in [-0.39, 0.29) is 12.3 Å². The second kappa shape index (κ2) is 3.94. The molecule has 1 heterocycles. The van der Waals surface area contributed by atoms with Gasteiger partial charge >= 0.3 is 0 Å². The lowest BCUT2D eigenvalue weighted by molar-refractivity contribution is 0.173. The fourth-order valence-corrected chi connectivity index (χ4v) is 1.85. The molecule has 2 N–H and O–H groups in total. The van der Waals surface area contributed by atoms with Crippen LogP contribution in [0.15, 0.2) is 12.1 Å². The van der Waals surface area contributed by atoms with Crippen molar-refractivity contribution >= 4 is 0 Å². The molecule has 2 rings (SSSR count). The number of alkyl halides is 1. The maximum absolute atomic E-state index is 12.7. The lowest BCUT2D eigenvalue weighted by Gasteiger charge is -2.19. The van der Waals surface area contributed by atoms with Crippen molar-refractivity contribution in [3.63, 3.8) is 0 Å². The van der Waals surface area contributed by atoms with Crippen LogP contribution in [0.1, 0.15) is 25.0 Å². The molecule has 16 heavy (non-hydrogen) atoms. The molecule has 1 aromatic rings. The molecule has 0 aromatic heterocycles. The lowest BCUT2D eigenvalue weighted by atomic mass is 9.94. The minimum absolute atomic E-state index is 0.197. The highest BCUT2D eigenvalue weighted by Gasteiger charge is 2.22. The van der Waals surface area contributed by atoms with Crippen molar-refractivity contribution in [1.82, 2.24) is 0 Å². The van der Waals surface area contributed by atoms with Gasteiger partial charge in [-0.05, 0) is 38.0 Å². The number of nitrogens with two attached hydrogens (primary N) is 1. The molecule has 4 heteroatoms. The first-order valence-corrected chi connectivity index (χ1v) is 5.26. The highest BCUT2D eigenvalue weighted by Crippen LogP contribution is 2.38. The van der Waals surface area contributed by atoms with E-state index in [0.29, 0.717) is 23.5 Å². The van der Waals surface area contributed by atoms with E-state index in [9.17, 15) is 4.39 Å². The van der Waals surface area contributed by atoms with Crippen LogP contribution < -0.4 is 15.2 Å². The molecule has 0 aliphatic carbocycles. The van der Waals surface area contributed by atoms with Crippen LogP contribution in [0.5, 0.6) is 11.5 Å². The molecule has 0 radical (unpaired) electrons. The average molecular weight is 225 g/mol. The van der Waals surface area contributed by atoms with E-state index in [1.165, 1.54) is 0 Å². The van der Waals surface area contributed by atoms with Crippen LogP contribution in [-0.4, -0.2) is 12.3 Å². The Morgan fingerprint density at radius 3 is 2.75 bits per heavy atom. The van der Waals surface area contributed by atoms with Gasteiger partial charge in [-0.25, -0.2) is 4.39 Å². The zero-order chi connectivity index (χ0) is 11.8. The zero-order valence-electron chi connectivity index (χ0n) is 9.55. The Morgan fingerprint density at radius 1 is 1.38 bits per heavy atom. The third-order valence-corrected chi connectivity index (χ3v) is 2.41. The number of rotatable bonds is 3. The average Bonchev–Trinajstić information content (AvgIpc) is 2.63. The van der Waals surface area contributed by atoms with Crippen molar-refractivity contribution in [2.75, 3.05) is 6.79 Å². The molecular formula is C12H16FNO2. The van der Waals surface area contributed by atoms with Gasteiger partial charge in [-0.2, -0.15) is 0 Å². The molecule has 0 saturated carbocycles. The van der Waals surface area contributed by atoms with Gasteiger partial charge in [0.1, 0.15) is 6.67 Å². The predicted octanol–water partition coefficient (Wildman–Crippen LogP) is 2.16. The van der Waals surface area contributed by atoms with Gasteiger partial charge in [-0.15, -0.1) is 0 Å². The maximum Gasteiger partial charge on any atom is 0.231 e. The molecule has 1 aliphatic heterocycles. The molecule has 0 spiro atoms. The van der Waals surface area contributed by atoms with Gasteiger partial charge in [-0.1, -0.05) is 0 Å². The van der Waals surface area contributed by atoms with E-state index < -0.39 is 6.67 Å². The van der Waals surface area contributed by atoms with Gasteiger partial charge in [-0.3, -0.25) is 0 Å². The van der Waals surface area contributed by atoms with E-state index in [1.807, 2.05) is 13.8 Å². The SMILES string of the molecule is CC(C)(N)Cc1cc(CF)cc2c1OCO2. The molecule has 0 unspecified atom stereocenters. The van der Waals surface area contributed by atoms with Crippen molar-refractivity contribution in [2.45, 2.75) is 32.5 Å². The molecular weight excluding hydrogens is 209 g/mol. The standard InChI is InChI=1S/C12H16FNO2/c1-12(2,14)5-9-3-8(6-13)4-10-11(9)16-7-15-10/h3-4H,5-7,14H2,1-2H3. The van der Waals surface area contributed by atoms with Crippen molar-refractivity contribution in [3.8, 4) is 11.5 Å². The largest absolute Gasteiger partial charge is 0.454 e. The van der Waals surface area contributed by atoms with Crippen molar-refractivity contribution in [2.24, 2.45) is 5.73 Å². The van der Waals surface area contributed by atoms with Crippen LogP contribution in [0.4, 0.5) is 4.39 Å². The third kappa shape index (κ3) is 2.27. The molecule has 3 nitrogen and oxygen atoms in total. The van der Waals surface area contributed by atoms with E-state index in [2.05, 4.69) is 0 Å². The van der Waals surface area contributed by atoms with E-state index in [4.69, 9.17) is 15.2 Å². The Labute approximate surface area is 94.3 Å². The fourth-order valence-electron chi connectivity index (χ4n) is 1.85. The molecule has 0 atom stereocenters. The highest BCUT2D eigenvalue weighted by atomic mass is 19.1. The predicted molar refractivity (Wildman–Crippen MR) is 59.3 cm³/mol. The summed E-state index contributed by atoms with van der Waals surface area (Å²) in [4.78, 5) is 0. The van der Waals surface area contributed by atoms with Gasteiger partial charge in [0.2, 0.25) is 6.79 Å². The van der Waals surface area contributed by atoms with Crippen molar-refractivity contribution in [1.29, 1.82) is 0 Å². The summed E-state index contributed by atoms with van der Waals surface area (Å²) < 4.78 is 23.3. The summed E-state index contributed by atoms with van der Waals surface area (Å²) in [5.74, 6) is 1.32. The van der Waals surface area contributed by atoms with Gasteiger partial charge in [0.05, 0.1) is 0 Å². The van der Waals surface area contributed by atoms with Crippen LogP contribution in [0.25, 0.3) is 0 Å². The number of ether oxygens (including phenoxy) is 2. The monoisotopic (exact) mass is 225 g/mol. The first-order valence-electron chi connectivity index (χ1n) is 5.26. The number of hydrogen-bond donors (Lipinski definition) is 1. The van der Waals surface area contributed by atoms with Crippen molar-refractivity contribution in [3.05, 3.63) is 23.3 Å². The summed E-state index contributed by atoms with van der Waals surface area (Å²) in [6.07, 6.45) is 0.631. The Hall–Kier alpha value is -1.29. The summed E-state index contributed by atoms with van der Waals surface area (Å²) in [7, 11) is 0. The number of halogens is 1. The minimum Gasteiger partial charge on any atom is -0.454 e.